The van der Waals surface area contributed by atoms with Gasteiger partial charge in [-0.3, -0.25) is 4.68 Å². The fourth-order valence-corrected chi connectivity index (χ4v) is 3.99. The van der Waals surface area contributed by atoms with Gasteiger partial charge >= 0.3 is 0 Å². The molecule has 1 fully saturated rings. The molecule has 0 saturated carbocycles. The number of aryl methyl sites for hydroxylation is 1. The molecule has 0 amide bonds. The number of piperidine rings is 1. The summed E-state index contributed by atoms with van der Waals surface area (Å²) in [4.78, 5) is 12.1. The minimum Gasteiger partial charge on any atom is -0.497 e. The van der Waals surface area contributed by atoms with Crippen LogP contribution in [0.1, 0.15) is 32.4 Å². The first kappa shape index (κ1) is 22.3. The normalized spacial score (nSPS) is 14.8. The average molecular weight is 440 g/mol. The van der Waals surface area contributed by atoms with Gasteiger partial charge in [0.2, 0.25) is 5.95 Å². The van der Waals surface area contributed by atoms with Crippen molar-refractivity contribution >= 4 is 28.5 Å². The molecule has 1 aliphatic heterocycles. The van der Waals surface area contributed by atoms with Crippen LogP contribution in [-0.4, -0.2) is 59.2 Å². The van der Waals surface area contributed by atoms with E-state index in [1.54, 1.807) is 7.11 Å². The molecule has 2 aromatic heterocycles. The molecule has 172 valence electrons. The number of benzene rings is 1. The first-order chi connectivity index (χ1) is 15.6. The Kier molecular flexibility index (Phi) is 7.06. The van der Waals surface area contributed by atoms with Gasteiger partial charge in [0.1, 0.15) is 16.8 Å². The third-order valence-electron chi connectivity index (χ3n) is 5.79. The molecule has 4 rings (SSSR count). The van der Waals surface area contributed by atoms with Gasteiger partial charge in [-0.1, -0.05) is 13.0 Å². The lowest BCUT2D eigenvalue weighted by Crippen LogP contribution is -2.40. The number of hydrogen-bond donors (Lipinski definition) is 2. The number of ether oxygens (including phenoxy) is 2. The Labute approximate surface area is 188 Å². The van der Waals surface area contributed by atoms with Gasteiger partial charge in [-0.15, -0.1) is 0 Å². The van der Waals surface area contributed by atoms with Crippen LogP contribution in [0.4, 0.5) is 17.5 Å². The summed E-state index contributed by atoms with van der Waals surface area (Å²) in [6.45, 7) is 7.70. The second-order valence-corrected chi connectivity index (χ2v) is 7.97. The summed E-state index contributed by atoms with van der Waals surface area (Å²) in [7, 11) is 1.66. The van der Waals surface area contributed by atoms with Gasteiger partial charge < -0.3 is 25.4 Å². The lowest BCUT2D eigenvalue weighted by atomic mass is 10.1. The molecule has 9 nitrogen and oxygen atoms in total. The molecule has 0 atom stereocenters. The fourth-order valence-electron chi connectivity index (χ4n) is 3.99. The van der Waals surface area contributed by atoms with Gasteiger partial charge in [0, 0.05) is 37.5 Å². The van der Waals surface area contributed by atoms with Crippen molar-refractivity contribution in [2.45, 2.75) is 45.7 Å². The summed E-state index contributed by atoms with van der Waals surface area (Å²) in [5, 5.41) is 8.34. The maximum Gasteiger partial charge on any atom is 0.228 e. The fraction of sp³-hybridized carbons (Fsp3) is 0.522. The highest BCUT2D eigenvalue weighted by molar-refractivity contribution is 5.90. The summed E-state index contributed by atoms with van der Waals surface area (Å²) in [5.41, 5.74) is 9.74. The first-order valence-corrected chi connectivity index (χ1v) is 11.4. The highest BCUT2D eigenvalue weighted by Gasteiger charge is 2.23. The lowest BCUT2D eigenvalue weighted by molar-refractivity contribution is 0.137. The Hall–Kier alpha value is -2.91. The summed E-state index contributed by atoms with van der Waals surface area (Å²) < 4.78 is 12.9. The number of nitrogens with zero attached hydrogens (tertiary/aromatic N) is 5. The van der Waals surface area contributed by atoms with Crippen LogP contribution >= 0.6 is 0 Å². The quantitative estimate of drug-likeness (QED) is 0.490. The van der Waals surface area contributed by atoms with E-state index >= 15 is 0 Å². The Morgan fingerprint density at radius 3 is 2.72 bits per heavy atom. The van der Waals surface area contributed by atoms with Crippen LogP contribution in [0.15, 0.2) is 24.3 Å². The monoisotopic (exact) mass is 439 g/mol. The average Bonchev–Trinajstić information content (AvgIpc) is 3.18. The zero-order valence-electron chi connectivity index (χ0n) is 19.2. The first-order valence-electron chi connectivity index (χ1n) is 11.4. The van der Waals surface area contributed by atoms with Crippen molar-refractivity contribution in [3.05, 3.63) is 30.0 Å². The zero-order valence-corrected chi connectivity index (χ0v) is 19.2. The largest absolute Gasteiger partial charge is 0.497 e. The van der Waals surface area contributed by atoms with E-state index in [4.69, 9.17) is 30.3 Å². The minimum absolute atomic E-state index is 0.247. The van der Waals surface area contributed by atoms with Crippen LogP contribution in [0.25, 0.3) is 11.0 Å². The SMILES string of the molecule is CCOCCn1nc(CC)c2nc(N3CCC(N)CC3)nc(Nc3cccc(OC)c3)c21. The van der Waals surface area contributed by atoms with Gasteiger partial charge in [-0.2, -0.15) is 10.1 Å². The van der Waals surface area contributed by atoms with Crippen molar-refractivity contribution in [2.75, 3.05) is 43.6 Å². The molecule has 0 spiro atoms. The number of fused-ring (bicyclic) bond motifs is 1. The number of hydrogen-bond acceptors (Lipinski definition) is 8. The molecule has 3 N–H and O–H groups in total. The van der Waals surface area contributed by atoms with Crippen LogP contribution in [0.2, 0.25) is 0 Å². The molecule has 0 aliphatic carbocycles. The molecule has 0 bridgehead atoms. The molecule has 3 aromatic rings. The Morgan fingerprint density at radius 1 is 1.19 bits per heavy atom. The Morgan fingerprint density at radius 2 is 2.00 bits per heavy atom. The van der Waals surface area contributed by atoms with Crippen LogP contribution < -0.4 is 20.7 Å². The van der Waals surface area contributed by atoms with Crippen molar-refractivity contribution in [3.63, 3.8) is 0 Å². The highest BCUT2D eigenvalue weighted by atomic mass is 16.5. The van der Waals surface area contributed by atoms with E-state index in [-0.39, 0.29) is 6.04 Å². The number of nitrogens with two attached hydrogens (primary N) is 1. The lowest BCUT2D eigenvalue weighted by Gasteiger charge is -2.30. The van der Waals surface area contributed by atoms with Crippen molar-refractivity contribution in [1.29, 1.82) is 0 Å². The number of nitrogens with one attached hydrogen (secondary N) is 1. The summed E-state index contributed by atoms with van der Waals surface area (Å²) in [6, 6.07) is 8.07. The predicted molar refractivity (Wildman–Crippen MR) is 127 cm³/mol. The van der Waals surface area contributed by atoms with Crippen LogP contribution in [0.3, 0.4) is 0 Å². The number of methoxy groups -OCH3 is 1. The van der Waals surface area contributed by atoms with Crippen molar-refractivity contribution in [3.8, 4) is 5.75 Å². The van der Waals surface area contributed by atoms with E-state index in [0.717, 1.165) is 66.3 Å². The molecule has 1 aromatic carbocycles. The van der Waals surface area contributed by atoms with Gasteiger partial charge in [0.05, 0.1) is 26.0 Å². The maximum absolute atomic E-state index is 6.12. The second-order valence-electron chi connectivity index (χ2n) is 7.97. The number of rotatable bonds is 9. The molecular formula is C23H33N7O2. The molecule has 0 unspecified atom stereocenters. The Bertz CT molecular complexity index is 1040. The van der Waals surface area contributed by atoms with Crippen molar-refractivity contribution < 1.29 is 9.47 Å². The minimum atomic E-state index is 0.247. The summed E-state index contributed by atoms with van der Waals surface area (Å²) >= 11 is 0. The molecule has 1 aliphatic rings. The van der Waals surface area contributed by atoms with E-state index in [1.807, 2.05) is 35.9 Å². The zero-order chi connectivity index (χ0) is 22.5. The Balaban J connectivity index is 1.79. The number of anilines is 3. The maximum atomic E-state index is 6.12. The van der Waals surface area contributed by atoms with Crippen LogP contribution in [0, 0.1) is 0 Å². The van der Waals surface area contributed by atoms with E-state index in [1.165, 1.54) is 0 Å². The highest BCUT2D eigenvalue weighted by Crippen LogP contribution is 2.30. The van der Waals surface area contributed by atoms with E-state index in [9.17, 15) is 0 Å². The topological polar surface area (TPSA) is 103 Å². The molecule has 0 radical (unpaired) electrons. The van der Waals surface area contributed by atoms with Gasteiger partial charge in [-0.05, 0) is 38.3 Å². The van der Waals surface area contributed by atoms with Crippen LogP contribution in [0.5, 0.6) is 5.75 Å². The molecule has 1 saturated heterocycles. The second kappa shape index (κ2) is 10.1. The molecule has 3 heterocycles. The third-order valence-corrected chi connectivity index (χ3v) is 5.79. The smallest absolute Gasteiger partial charge is 0.228 e. The molecule has 32 heavy (non-hydrogen) atoms. The molecular weight excluding hydrogens is 406 g/mol. The summed E-state index contributed by atoms with van der Waals surface area (Å²) in [6.07, 6.45) is 2.67. The van der Waals surface area contributed by atoms with Crippen LogP contribution in [-0.2, 0) is 17.7 Å². The summed E-state index contributed by atoms with van der Waals surface area (Å²) in [5.74, 6) is 2.23. The van der Waals surface area contributed by atoms with E-state index in [2.05, 4.69) is 17.1 Å². The standard InChI is InChI=1S/C23H33N7O2/c1-4-19-20-21(30(28-19)13-14-32-5-2)22(25-17-7-6-8-18(15-17)31-3)27-23(26-20)29-11-9-16(24)10-12-29/h6-8,15-16H,4-5,9-14,24H2,1-3H3,(H,25,26,27). The molecule has 9 heteroatoms. The third kappa shape index (κ3) is 4.78. The van der Waals surface area contributed by atoms with E-state index in [0.29, 0.717) is 25.7 Å². The predicted octanol–water partition coefficient (Wildman–Crippen LogP) is 3.10. The number of aromatic nitrogens is 4. The van der Waals surface area contributed by atoms with Crippen molar-refractivity contribution in [2.24, 2.45) is 5.73 Å². The van der Waals surface area contributed by atoms with Gasteiger partial charge in [0.25, 0.3) is 0 Å². The van der Waals surface area contributed by atoms with E-state index < -0.39 is 0 Å². The van der Waals surface area contributed by atoms with Crippen molar-refractivity contribution in [1.82, 2.24) is 19.7 Å². The van der Waals surface area contributed by atoms with Gasteiger partial charge in [-0.25, -0.2) is 4.98 Å². The van der Waals surface area contributed by atoms with Gasteiger partial charge in [0.15, 0.2) is 5.82 Å².